The van der Waals surface area contributed by atoms with Crippen LogP contribution in [0.15, 0.2) is 18.2 Å². The summed E-state index contributed by atoms with van der Waals surface area (Å²) in [5.41, 5.74) is 1.22. The summed E-state index contributed by atoms with van der Waals surface area (Å²) in [5, 5.41) is 9.07. The van der Waals surface area contributed by atoms with E-state index in [1.54, 1.807) is 25.3 Å². The molecule has 0 aliphatic rings. The van der Waals surface area contributed by atoms with Crippen LogP contribution < -0.4 is 4.74 Å². The van der Waals surface area contributed by atoms with Gasteiger partial charge in [-0.25, -0.2) is 4.79 Å². The van der Waals surface area contributed by atoms with Crippen molar-refractivity contribution in [3.05, 3.63) is 29.3 Å². The van der Waals surface area contributed by atoms with Gasteiger partial charge < -0.3 is 9.84 Å². The molecule has 19 heavy (non-hydrogen) atoms. The van der Waals surface area contributed by atoms with Crippen molar-refractivity contribution < 1.29 is 14.6 Å². The van der Waals surface area contributed by atoms with Gasteiger partial charge in [-0.2, -0.15) is 0 Å². The zero-order valence-corrected chi connectivity index (χ0v) is 12.1. The molecule has 1 aromatic rings. The van der Waals surface area contributed by atoms with E-state index in [2.05, 4.69) is 25.7 Å². The summed E-state index contributed by atoms with van der Waals surface area (Å²) in [6.45, 7) is 8.11. The van der Waals surface area contributed by atoms with Gasteiger partial charge in [0.05, 0.1) is 12.7 Å². The second kappa shape index (κ2) is 7.14. The molecule has 4 nitrogen and oxygen atoms in total. The summed E-state index contributed by atoms with van der Waals surface area (Å²) < 4.78 is 5.32. The van der Waals surface area contributed by atoms with Gasteiger partial charge in [0, 0.05) is 18.2 Å². The standard InChI is InChI=1S/C15H23NO3/c1-5-8-16(11(2)3)10-13-9-12(15(17)18)6-7-14(13)19-4/h6-7,9,11H,5,8,10H2,1-4H3,(H,17,18). The van der Waals surface area contributed by atoms with Gasteiger partial charge in [-0.3, -0.25) is 4.90 Å². The molecule has 1 N–H and O–H groups in total. The lowest BCUT2D eigenvalue weighted by Gasteiger charge is -2.26. The number of aromatic carboxylic acids is 1. The molecule has 0 unspecified atom stereocenters. The molecule has 0 saturated heterocycles. The number of hydrogen-bond acceptors (Lipinski definition) is 3. The highest BCUT2D eigenvalue weighted by Gasteiger charge is 2.14. The molecule has 0 atom stereocenters. The average Bonchev–Trinajstić information content (AvgIpc) is 2.37. The van der Waals surface area contributed by atoms with Gasteiger partial charge in [-0.1, -0.05) is 6.92 Å². The molecule has 0 heterocycles. The van der Waals surface area contributed by atoms with E-state index in [-0.39, 0.29) is 0 Å². The Kier molecular flexibility index (Phi) is 5.83. The van der Waals surface area contributed by atoms with E-state index in [1.165, 1.54) is 0 Å². The summed E-state index contributed by atoms with van der Waals surface area (Å²) in [6.07, 6.45) is 1.07. The highest BCUT2D eigenvalue weighted by molar-refractivity contribution is 5.88. The molecule has 0 spiro atoms. The third-order valence-corrected chi connectivity index (χ3v) is 3.14. The molecular formula is C15H23NO3. The van der Waals surface area contributed by atoms with Crippen LogP contribution in [-0.2, 0) is 6.54 Å². The molecule has 0 aliphatic heterocycles. The van der Waals surface area contributed by atoms with Gasteiger partial charge in [0.2, 0.25) is 0 Å². The number of hydrogen-bond donors (Lipinski definition) is 1. The van der Waals surface area contributed by atoms with Crippen LogP contribution in [0.3, 0.4) is 0 Å². The maximum atomic E-state index is 11.0. The fourth-order valence-corrected chi connectivity index (χ4v) is 2.06. The number of carbonyl (C=O) groups is 1. The first-order valence-electron chi connectivity index (χ1n) is 6.63. The van der Waals surface area contributed by atoms with Crippen LogP contribution >= 0.6 is 0 Å². The SMILES string of the molecule is CCCN(Cc1cc(C(=O)O)ccc1OC)C(C)C. The van der Waals surface area contributed by atoms with Crippen LogP contribution in [0.2, 0.25) is 0 Å². The van der Waals surface area contributed by atoms with Crippen LogP contribution in [0.4, 0.5) is 0 Å². The number of rotatable bonds is 7. The van der Waals surface area contributed by atoms with Crippen LogP contribution in [0.5, 0.6) is 5.75 Å². The number of nitrogens with zero attached hydrogens (tertiary/aromatic N) is 1. The van der Waals surface area contributed by atoms with Gasteiger partial charge in [0.1, 0.15) is 5.75 Å². The van der Waals surface area contributed by atoms with Crippen LogP contribution in [0.1, 0.15) is 43.1 Å². The van der Waals surface area contributed by atoms with E-state index in [9.17, 15) is 4.79 Å². The normalized spacial score (nSPS) is 11.1. The molecule has 0 radical (unpaired) electrons. The van der Waals surface area contributed by atoms with E-state index in [0.717, 1.165) is 24.3 Å². The number of methoxy groups -OCH3 is 1. The van der Waals surface area contributed by atoms with Crippen LogP contribution in [0.25, 0.3) is 0 Å². The van der Waals surface area contributed by atoms with E-state index < -0.39 is 5.97 Å². The Balaban J connectivity index is 3.01. The number of carboxylic acids is 1. The minimum atomic E-state index is -0.907. The Morgan fingerprint density at radius 3 is 2.58 bits per heavy atom. The highest BCUT2D eigenvalue weighted by Crippen LogP contribution is 2.22. The smallest absolute Gasteiger partial charge is 0.335 e. The zero-order valence-electron chi connectivity index (χ0n) is 12.1. The summed E-state index contributed by atoms with van der Waals surface area (Å²) in [5.74, 6) is -0.165. The van der Waals surface area contributed by atoms with E-state index >= 15 is 0 Å². The predicted molar refractivity (Wildman–Crippen MR) is 75.8 cm³/mol. The summed E-state index contributed by atoms with van der Waals surface area (Å²) in [7, 11) is 1.61. The summed E-state index contributed by atoms with van der Waals surface area (Å²) in [4.78, 5) is 13.4. The maximum absolute atomic E-state index is 11.0. The summed E-state index contributed by atoms with van der Waals surface area (Å²) in [6, 6.07) is 5.41. The van der Waals surface area contributed by atoms with Crippen molar-refractivity contribution >= 4 is 5.97 Å². The number of carboxylic acid groups (broad SMARTS) is 1. The molecule has 0 aromatic heterocycles. The molecule has 1 rings (SSSR count). The first-order valence-corrected chi connectivity index (χ1v) is 6.63. The van der Waals surface area contributed by atoms with Crippen molar-refractivity contribution in [1.29, 1.82) is 0 Å². The predicted octanol–water partition coefficient (Wildman–Crippen LogP) is 3.01. The topological polar surface area (TPSA) is 49.8 Å². The van der Waals surface area contributed by atoms with Crippen molar-refractivity contribution in [2.45, 2.75) is 39.8 Å². The second-order valence-corrected chi connectivity index (χ2v) is 4.90. The van der Waals surface area contributed by atoms with E-state index in [0.29, 0.717) is 18.2 Å². The molecule has 1 aromatic carbocycles. The minimum absolute atomic E-state index is 0.302. The number of ether oxygens (including phenoxy) is 1. The summed E-state index contributed by atoms with van der Waals surface area (Å²) >= 11 is 0. The fourth-order valence-electron chi connectivity index (χ4n) is 2.06. The van der Waals surface area contributed by atoms with Gasteiger partial charge in [0.25, 0.3) is 0 Å². The van der Waals surface area contributed by atoms with Gasteiger partial charge in [0.15, 0.2) is 0 Å². The van der Waals surface area contributed by atoms with Crippen LogP contribution in [-0.4, -0.2) is 35.7 Å². The first-order chi connectivity index (χ1) is 8.99. The third-order valence-electron chi connectivity index (χ3n) is 3.14. The monoisotopic (exact) mass is 265 g/mol. The van der Waals surface area contributed by atoms with Crippen molar-refractivity contribution in [1.82, 2.24) is 4.90 Å². The molecule has 0 saturated carbocycles. The average molecular weight is 265 g/mol. The zero-order chi connectivity index (χ0) is 14.4. The lowest BCUT2D eigenvalue weighted by Crippen LogP contribution is -2.31. The third kappa shape index (κ3) is 4.24. The lowest BCUT2D eigenvalue weighted by molar-refractivity contribution is 0.0696. The Morgan fingerprint density at radius 1 is 1.42 bits per heavy atom. The van der Waals surface area contributed by atoms with Gasteiger partial charge >= 0.3 is 5.97 Å². The second-order valence-electron chi connectivity index (χ2n) is 4.90. The van der Waals surface area contributed by atoms with Gasteiger partial charge in [-0.05, 0) is 45.0 Å². The van der Waals surface area contributed by atoms with Crippen molar-refractivity contribution in [3.8, 4) is 5.75 Å². The molecule has 0 aliphatic carbocycles. The molecule has 0 bridgehead atoms. The minimum Gasteiger partial charge on any atom is -0.496 e. The Hall–Kier alpha value is -1.55. The Morgan fingerprint density at radius 2 is 2.11 bits per heavy atom. The fraction of sp³-hybridized carbons (Fsp3) is 0.533. The highest BCUT2D eigenvalue weighted by atomic mass is 16.5. The Bertz CT molecular complexity index is 429. The maximum Gasteiger partial charge on any atom is 0.335 e. The van der Waals surface area contributed by atoms with Crippen molar-refractivity contribution in [2.75, 3.05) is 13.7 Å². The van der Waals surface area contributed by atoms with E-state index in [1.807, 2.05) is 0 Å². The lowest BCUT2D eigenvalue weighted by atomic mass is 10.1. The molecule has 0 fully saturated rings. The quantitative estimate of drug-likeness (QED) is 0.823. The number of benzene rings is 1. The molecular weight excluding hydrogens is 242 g/mol. The largest absolute Gasteiger partial charge is 0.496 e. The van der Waals surface area contributed by atoms with E-state index in [4.69, 9.17) is 9.84 Å². The van der Waals surface area contributed by atoms with Crippen molar-refractivity contribution in [3.63, 3.8) is 0 Å². The Labute approximate surface area is 115 Å². The first kappa shape index (κ1) is 15.5. The molecule has 106 valence electrons. The van der Waals surface area contributed by atoms with Crippen molar-refractivity contribution in [2.24, 2.45) is 0 Å². The molecule has 4 heteroatoms. The molecule has 0 amide bonds. The van der Waals surface area contributed by atoms with Gasteiger partial charge in [-0.15, -0.1) is 0 Å². The van der Waals surface area contributed by atoms with Crippen LogP contribution in [0, 0.1) is 0 Å².